The van der Waals surface area contributed by atoms with Gasteiger partial charge in [-0.2, -0.15) is 74.6 Å². The molecule has 3 nitrogen and oxygen atoms in total. The zero-order valence-electron chi connectivity index (χ0n) is 33.1. The molecule has 0 saturated carbocycles. The van der Waals surface area contributed by atoms with Crippen LogP contribution in [-0.2, 0) is 17.8 Å². The minimum absolute atomic E-state index is 0.0136. The summed E-state index contributed by atoms with van der Waals surface area (Å²) in [5.74, 6) is -57.5. The van der Waals surface area contributed by atoms with Crippen LogP contribution in [-0.4, -0.2) is 58.7 Å². The molecule has 0 aliphatic rings. The summed E-state index contributed by atoms with van der Waals surface area (Å²) in [4.78, 5) is 12.3. The van der Waals surface area contributed by atoms with E-state index in [4.69, 9.17) is 4.74 Å². The first-order valence-corrected chi connectivity index (χ1v) is 19.9. The molecule has 0 fully saturated rings. The van der Waals surface area contributed by atoms with Crippen molar-refractivity contribution in [3.63, 3.8) is 0 Å². The van der Waals surface area contributed by atoms with Gasteiger partial charge in [0.1, 0.15) is 5.75 Å². The fourth-order valence-corrected chi connectivity index (χ4v) is 6.10. The van der Waals surface area contributed by atoms with E-state index in [1.165, 1.54) is 38.5 Å². The summed E-state index contributed by atoms with van der Waals surface area (Å²) in [5.41, 5.74) is -0.279. The van der Waals surface area contributed by atoms with Crippen LogP contribution < -0.4 is 4.74 Å². The predicted octanol–water partition coefficient (Wildman–Crippen LogP) is 15.0. The van der Waals surface area contributed by atoms with E-state index >= 15 is 0 Å². The van der Waals surface area contributed by atoms with Gasteiger partial charge in [0.25, 0.3) is 0 Å². The van der Waals surface area contributed by atoms with Gasteiger partial charge in [-0.25, -0.2) is 0 Å². The van der Waals surface area contributed by atoms with Crippen LogP contribution in [0.4, 0.5) is 74.6 Å². The third-order valence-electron chi connectivity index (χ3n) is 9.91. The molecule has 350 valence electrons. The second-order valence-corrected chi connectivity index (χ2v) is 14.8. The number of halogens is 17. The molecule has 20 heteroatoms. The Morgan fingerprint density at radius 2 is 0.967 bits per heavy atom. The average molecular weight is 905 g/mol. The number of hydrogen-bond donors (Lipinski definition) is 1. The number of benzene rings is 1. The molecule has 0 atom stereocenters. The second-order valence-electron chi connectivity index (χ2n) is 14.8. The van der Waals surface area contributed by atoms with E-state index in [1.807, 2.05) is 0 Å². The fraction of sp³-hybridized carbons (Fsp3) is 0.775. The molecule has 1 aromatic rings. The van der Waals surface area contributed by atoms with Gasteiger partial charge < -0.3 is 9.84 Å². The summed E-state index contributed by atoms with van der Waals surface area (Å²) in [6.45, 7) is 1.36. The van der Waals surface area contributed by atoms with Crippen molar-refractivity contribution in [1.29, 1.82) is 0 Å². The van der Waals surface area contributed by atoms with Gasteiger partial charge in [0.2, 0.25) is 0 Å². The van der Waals surface area contributed by atoms with Gasteiger partial charge in [-0.3, -0.25) is 4.79 Å². The fourth-order valence-electron chi connectivity index (χ4n) is 6.10. The number of allylic oxidation sites excluding steroid dienone is 2. The third-order valence-corrected chi connectivity index (χ3v) is 9.91. The molecule has 0 aromatic heterocycles. The summed E-state index contributed by atoms with van der Waals surface area (Å²) >= 11 is 0. The lowest BCUT2D eigenvalue weighted by Gasteiger charge is -2.42. The van der Waals surface area contributed by atoms with Crippen molar-refractivity contribution in [2.45, 2.75) is 196 Å². The Balaban J connectivity index is 2.59. The maximum absolute atomic E-state index is 14.3. The zero-order chi connectivity index (χ0) is 46.1. The number of unbranched alkanes of at least 4 members (excludes halogenated alkanes) is 15. The van der Waals surface area contributed by atoms with E-state index in [1.54, 1.807) is 0 Å². The van der Waals surface area contributed by atoms with E-state index < -0.39 is 79.5 Å². The molecule has 0 radical (unpaired) electrons. The number of alkyl halides is 17. The van der Waals surface area contributed by atoms with Crippen molar-refractivity contribution in [2.24, 2.45) is 0 Å². The van der Waals surface area contributed by atoms with Crippen LogP contribution in [0.3, 0.4) is 0 Å². The Labute approximate surface area is 338 Å². The van der Waals surface area contributed by atoms with Crippen LogP contribution in [0, 0.1) is 0 Å². The Hall–Kier alpha value is -2.80. The lowest BCUT2D eigenvalue weighted by molar-refractivity contribution is -0.461. The number of aliphatic hydroxyl groups is 1. The molecular weight excluding hydrogens is 851 g/mol. The molecule has 0 aliphatic carbocycles. The Bertz CT molecular complexity index is 1440. The molecule has 0 aliphatic heterocycles. The number of carbonyl (C=O) groups excluding carboxylic acids is 1. The van der Waals surface area contributed by atoms with Crippen LogP contribution in [0.25, 0.3) is 0 Å². The van der Waals surface area contributed by atoms with Crippen molar-refractivity contribution in [1.82, 2.24) is 0 Å². The average Bonchev–Trinajstić information content (AvgIpc) is 3.15. The molecule has 0 heterocycles. The van der Waals surface area contributed by atoms with Crippen LogP contribution in [0.5, 0.6) is 5.75 Å². The summed E-state index contributed by atoms with van der Waals surface area (Å²) < 4.78 is 235. The maximum atomic E-state index is 14.3. The van der Waals surface area contributed by atoms with Crippen LogP contribution in [0.2, 0.25) is 0 Å². The highest BCUT2D eigenvalue weighted by Crippen LogP contribution is 2.64. The van der Waals surface area contributed by atoms with Gasteiger partial charge >= 0.3 is 53.6 Å². The standard InChI is InChI=1S/C40H53F17O3/c1-2-3-4-5-6-7-8-9-10-11-12-13-14-15-16-17-18-19-20-23-32(59)60-31-25-24-29(27-30(31)28-58)22-21-26-33(41,42)34(43,44)35(45,46)36(47,48)37(49,50)38(51,52)39(53,54)40(55,56)57/h9-10,24-25,27,58H,2-8,11-23,26,28H2,1H3/b10-9-. The largest absolute Gasteiger partial charge is 0.460 e. The summed E-state index contributed by atoms with van der Waals surface area (Å²) in [6, 6.07) is 3.09. The Kier molecular flexibility index (Phi) is 21.7. The number of carbonyl (C=O) groups is 1. The van der Waals surface area contributed by atoms with E-state index in [-0.39, 0.29) is 23.3 Å². The molecule has 1 rings (SSSR count). The first-order valence-electron chi connectivity index (χ1n) is 19.9. The molecular formula is C40H53F17O3. The zero-order valence-corrected chi connectivity index (χ0v) is 33.1. The highest BCUT2D eigenvalue weighted by atomic mass is 19.4. The van der Waals surface area contributed by atoms with E-state index in [0.29, 0.717) is 6.42 Å². The topological polar surface area (TPSA) is 46.5 Å². The number of rotatable bonds is 31. The Morgan fingerprint density at radius 3 is 1.42 bits per heavy atom. The SMILES string of the molecule is CCCCCCCC/C=C\CCCCCCCCCCCC(=O)Oc1ccc(CCCC(F)(F)C(F)(F)C(F)(F)C(F)(F)C(F)(F)C(F)(F)C(F)(F)C(F)(F)F)cc1CO. The van der Waals surface area contributed by atoms with Crippen molar-refractivity contribution in [3.8, 4) is 5.75 Å². The summed E-state index contributed by atoms with van der Waals surface area (Å²) in [7, 11) is 0. The van der Waals surface area contributed by atoms with Gasteiger partial charge in [0, 0.05) is 18.4 Å². The van der Waals surface area contributed by atoms with Gasteiger partial charge in [-0.05, 0) is 62.6 Å². The molecule has 0 spiro atoms. The predicted molar refractivity (Wildman–Crippen MR) is 190 cm³/mol. The molecule has 60 heavy (non-hydrogen) atoms. The van der Waals surface area contributed by atoms with Crippen molar-refractivity contribution in [3.05, 3.63) is 41.5 Å². The third kappa shape index (κ3) is 14.1. The van der Waals surface area contributed by atoms with E-state index in [0.717, 1.165) is 82.4 Å². The molecule has 1 aromatic carbocycles. The van der Waals surface area contributed by atoms with Gasteiger partial charge in [-0.15, -0.1) is 0 Å². The number of aryl methyl sites for hydroxylation is 1. The summed E-state index contributed by atoms with van der Waals surface area (Å²) in [6.07, 6.45) is 10.5. The molecule has 0 amide bonds. The van der Waals surface area contributed by atoms with Crippen LogP contribution in [0.15, 0.2) is 30.4 Å². The normalized spacial score (nSPS) is 14.1. The quantitative estimate of drug-likeness (QED) is 0.0265. The Morgan fingerprint density at radius 1 is 0.550 bits per heavy atom. The van der Waals surface area contributed by atoms with Gasteiger partial charge in [0.05, 0.1) is 6.61 Å². The molecule has 0 unspecified atom stereocenters. The van der Waals surface area contributed by atoms with Crippen LogP contribution >= 0.6 is 0 Å². The molecule has 1 N–H and O–H groups in total. The smallest absolute Gasteiger partial charge is 0.426 e. The minimum Gasteiger partial charge on any atom is -0.426 e. The highest BCUT2D eigenvalue weighted by Gasteiger charge is 2.95. The molecule has 0 saturated heterocycles. The minimum atomic E-state index is -8.67. The monoisotopic (exact) mass is 904 g/mol. The summed E-state index contributed by atoms with van der Waals surface area (Å²) in [5, 5.41) is 9.65. The van der Waals surface area contributed by atoms with Crippen molar-refractivity contribution < 1.29 is 89.3 Å². The lowest BCUT2D eigenvalue weighted by atomic mass is 9.87. The van der Waals surface area contributed by atoms with Crippen molar-refractivity contribution >= 4 is 5.97 Å². The first-order chi connectivity index (χ1) is 27.6. The number of hydrogen-bond acceptors (Lipinski definition) is 3. The van der Waals surface area contributed by atoms with E-state index in [9.17, 15) is 84.5 Å². The van der Waals surface area contributed by atoms with Gasteiger partial charge in [0.15, 0.2) is 0 Å². The highest BCUT2D eigenvalue weighted by molar-refractivity contribution is 5.72. The number of ether oxygens (including phenoxy) is 1. The lowest BCUT2D eigenvalue weighted by Crippen LogP contribution is -2.74. The first kappa shape index (κ1) is 55.2. The van der Waals surface area contributed by atoms with Gasteiger partial charge in [-0.1, -0.05) is 102 Å². The number of esters is 1. The number of aliphatic hydroxyl groups excluding tert-OH is 1. The van der Waals surface area contributed by atoms with Crippen molar-refractivity contribution in [2.75, 3.05) is 0 Å². The molecule has 0 bridgehead atoms. The van der Waals surface area contributed by atoms with E-state index in [2.05, 4.69) is 19.1 Å². The van der Waals surface area contributed by atoms with Crippen LogP contribution in [0.1, 0.15) is 146 Å². The maximum Gasteiger partial charge on any atom is 0.460 e. The second kappa shape index (κ2) is 23.6.